The van der Waals surface area contributed by atoms with Crippen LogP contribution in [-0.4, -0.2) is 24.0 Å². The molecule has 0 fully saturated rings. The van der Waals surface area contributed by atoms with Crippen LogP contribution in [-0.2, 0) is 6.54 Å². The number of aromatic nitrogens is 1. The molecule has 0 aliphatic rings. The lowest BCUT2D eigenvalue weighted by atomic mass is 10.1. The number of guanidine groups is 1. The smallest absolute Gasteiger partial charge is 0.191 e. The predicted octanol–water partition coefficient (Wildman–Crippen LogP) is 2.70. The van der Waals surface area contributed by atoms with Gasteiger partial charge in [0.15, 0.2) is 5.96 Å². The molecule has 106 valence electrons. The molecule has 0 saturated carbocycles. The number of benzene rings is 1. The van der Waals surface area contributed by atoms with Gasteiger partial charge < -0.3 is 10.6 Å². The summed E-state index contributed by atoms with van der Waals surface area (Å²) >= 11 is 0. The molecule has 0 aliphatic carbocycles. The van der Waals surface area contributed by atoms with Gasteiger partial charge in [-0.15, -0.1) is 0 Å². The van der Waals surface area contributed by atoms with Crippen LogP contribution in [0.15, 0.2) is 41.5 Å². The van der Waals surface area contributed by atoms with Crippen molar-refractivity contribution in [2.45, 2.75) is 26.8 Å². The van der Waals surface area contributed by atoms with E-state index in [4.69, 9.17) is 0 Å². The molecule has 2 aromatic rings. The zero-order valence-corrected chi connectivity index (χ0v) is 12.2. The lowest BCUT2D eigenvalue weighted by molar-refractivity contribution is 0.784. The number of nitrogens with one attached hydrogen (secondary N) is 2. The van der Waals surface area contributed by atoms with Crippen LogP contribution in [0.4, 0.5) is 0 Å². The first-order valence-corrected chi connectivity index (χ1v) is 7.20. The highest BCUT2D eigenvalue weighted by atomic mass is 15.2. The number of hydrogen-bond donors (Lipinski definition) is 2. The molecule has 0 saturated heterocycles. The molecular formula is C16H22N4. The fourth-order valence-electron chi connectivity index (χ4n) is 2.05. The molecule has 0 radical (unpaired) electrons. The summed E-state index contributed by atoms with van der Waals surface area (Å²) in [5, 5.41) is 8.93. The molecule has 1 aromatic carbocycles. The van der Waals surface area contributed by atoms with Gasteiger partial charge in [-0.1, -0.05) is 31.2 Å². The minimum absolute atomic E-state index is 0.584. The van der Waals surface area contributed by atoms with E-state index in [1.807, 2.05) is 24.4 Å². The fourth-order valence-corrected chi connectivity index (χ4v) is 2.05. The highest BCUT2D eigenvalue weighted by Gasteiger charge is 2.02. The zero-order chi connectivity index (χ0) is 14.2. The second-order valence-electron chi connectivity index (χ2n) is 4.60. The number of hydrogen-bond acceptors (Lipinski definition) is 2. The number of aliphatic imine (C=N–C) groups is 1. The first-order valence-electron chi connectivity index (χ1n) is 7.20. The van der Waals surface area contributed by atoms with Gasteiger partial charge in [0, 0.05) is 24.7 Å². The Kier molecular flexibility index (Phi) is 5.35. The van der Waals surface area contributed by atoms with Crippen molar-refractivity contribution in [1.29, 1.82) is 0 Å². The molecule has 2 rings (SSSR count). The quantitative estimate of drug-likeness (QED) is 0.649. The molecule has 20 heavy (non-hydrogen) atoms. The van der Waals surface area contributed by atoms with Gasteiger partial charge in [0.05, 0.1) is 12.2 Å². The van der Waals surface area contributed by atoms with Crippen LogP contribution in [0.3, 0.4) is 0 Å². The monoisotopic (exact) mass is 270 g/mol. The van der Waals surface area contributed by atoms with Crippen molar-refractivity contribution in [2.75, 3.05) is 13.1 Å². The normalized spacial score (nSPS) is 11.6. The van der Waals surface area contributed by atoms with Crippen LogP contribution < -0.4 is 10.6 Å². The van der Waals surface area contributed by atoms with Crippen LogP contribution in [0.2, 0.25) is 0 Å². The summed E-state index contributed by atoms with van der Waals surface area (Å²) < 4.78 is 0. The SMILES string of the molecule is CCCNC(=NCc1nccc2ccccc12)NCC. The minimum Gasteiger partial charge on any atom is -0.357 e. The Morgan fingerprint density at radius 2 is 2.00 bits per heavy atom. The Morgan fingerprint density at radius 1 is 1.15 bits per heavy atom. The van der Waals surface area contributed by atoms with Gasteiger partial charge >= 0.3 is 0 Å². The van der Waals surface area contributed by atoms with Gasteiger partial charge in [0.2, 0.25) is 0 Å². The van der Waals surface area contributed by atoms with E-state index in [9.17, 15) is 0 Å². The molecule has 1 aromatic heterocycles. The summed E-state index contributed by atoms with van der Waals surface area (Å²) in [5.41, 5.74) is 1.01. The largest absolute Gasteiger partial charge is 0.357 e. The highest BCUT2D eigenvalue weighted by Crippen LogP contribution is 2.16. The third-order valence-electron chi connectivity index (χ3n) is 3.03. The Labute approximate surface area is 120 Å². The van der Waals surface area contributed by atoms with Gasteiger partial charge in [0.25, 0.3) is 0 Å². The van der Waals surface area contributed by atoms with E-state index in [-0.39, 0.29) is 0 Å². The van der Waals surface area contributed by atoms with Crippen molar-refractivity contribution in [1.82, 2.24) is 15.6 Å². The molecule has 0 unspecified atom stereocenters. The Bertz CT molecular complexity index is 572. The molecule has 2 N–H and O–H groups in total. The van der Waals surface area contributed by atoms with Crippen molar-refractivity contribution in [3.8, 4) is 0 Å². The predicted molar refractivity (Wildman–Crippen MR) is 84.9 cm³/mol. The fraction of sp³-hybridized carbons (Fsp3) is 0.375. The third kappa shape index (κ3) is 3.70. The van der Waals surface area contributed by atoms with Gasteiger partial charge in [-0.05, 0) is 24.8 Å². The standard InChI is InChI=1S/C16H22N4/c1-3-10-19-16(17-4-2)20-12-15-14-8-6-5-7-13(14)9-11-18-15/h5-9,11H,3-4,10,12H2,1-2H3,(H2,17,19,20). The highest BCUT2D eigenvalue weighted by molar-refractivity contribution is 5.85. The van der Waals surface area contributed by atoms with Crippen molar-refractivity contribution < 1.29 is 0 Å². The minimum atomic E-state index is 0.584. The summed E-state index contributed by atoms with van der Waals surface area (Å²) in [6.45, 7) is 6.58. The van der Waals surface area contributed by atoms with Crippen LogP contribution in [0.1, 0.15) is 26.0 Å². The van der Waals surface area contributed by atoms with Gasteiger partial charge in [-0.3, -0.25) is 4.98 Å². The molecule has 0 spiro atoms. The van der Waals surface area contributed by atoms with Crippen molar-refractivity contribution >= 4 is 16.7 Å². The summed E-state index contributed by atoms with van der Waals surface area (Å²) in [5.74, 6) is 0.851. The van der Waals surface area contributed by atoms with E-state index in [0.29, 0.717) is 6.54 Å². The molecule has 0 aliphatic heterocycles. The van der Waals surface area contributed by atoms with Crippen LogP contribution in [0, 0.1) is 0 Å². The first kappa shape index (κ1) is 14.3. The zero-order valence-electron chi connectivity index (χ0n) is 12.2. The van der Waals surface area contributed by atoms with E-state index in [1.165, 1.54) is 10.8 Å². The molecule has 4 nitrogen and oxygen atoms in total. The third-order valence-corrected chi connectivity index (χ3v) is 3.03. The molecule has 1 heterocycles. The Morgan fingerprint density at radius 3 is 2.80 bits per heavy atom. The van der Waals surface area contributed by atoms with Gasteiger partial charge in [0.1, 0.15) is 0 Å². The van der Waals surface area contributed by atoms with Crippen LogP contribution in [0.25, 0.3) is 10.8 Å². The topological polar surface area (TPSA) is 49.3 Å². The average Bonchev–Trinajstić information content (AvgIpc) is 2.50. The van der Waals surface area contributed by atoms with Crippen molar-refractivity contribution in [3.63, 3.8) is 0 Å². The maximum Gasteiger partial charge on any atom is 0.191 e. The summed E-state index contributed by atoms with van der Waals surface area (Å²) in [7, 11) is 0. The lowest BCUT2D eigenvalue weighted by Gasteiger charge is -2.10. The first-order chi connectivity index (χ1) is 9.85. The number of rotatable bonds is 5. The van der Waals surface area contributed by atoms with Crippen molar-refractivity contribution in [2.24, 2.45) is 4.99 Å². The second kappa shape index (κ2) is 7.48. The Hall–Kier alpha value is -2.10. The van der Waals surface area contributed by atoms with Gasteiger partial charge in [-0.25, -0.2) is 4.99 Å². The molecule has 0 amide bonds. The average molecular weight is 270 g/mol. The van der Waals surface area contributed by atoms with E-state index in [1.54, 1.807) is 0 Å². The van der Waals surface area contributed by atoms with E-state index in [0.717, 1.165) is 31.2 Å². The second-order valence-corrected chi connectivity index (χ2v) is 4.60. The van der Waals surface area contributed by atoms with E-state index in [2.05, 4.69) is 46.6 Å². The summed E-state index contributed by atoms with van der Waals surface area (Å²) in [4.78, 5) is 9.06. The molecule has 0 bridgehead atoms. The number of nitrogens with zero attached hydrogens (tertiary/aromatic N) is 2. The van der Waals surface area contributed by atoms with Crippen LogP contribution in [0.5, 0.6) is 0 Å². The van der Waals surface area contributed by atoms with Gasteiger partial charge in [-0.2, -0.15) is 0 Å². The maximum absolute atomic E-state index is 4.60. The number of pyridine rings is 1. The van der Waals surface area contributed by atoms with E-state index >= 15 is 0 Å². The summed E-state index contributed by atoms with van der Waals surface area (Å²) in [6, 6.07) is 10.3. The molecule has 0 atom stereocenters. The lowest BCUT2D eigenvalue weighted by Crippen LogP contribution is -2.37. The molecule has 4 heteroatoms. The van der Waals surface area contributed by atoms with Crippen LogP contribution >= 0.6 is 0 Å². The summed E-state index contributed by atoms with van der Waals surface area (Å²) in [6.07, 6.45) is 2.93. The molecular weight excluding hydrogens is 248 g/mol. The van der Waals surface area contributed by atoms with E-state index < -0.39 is 0 Å². The number of fused-ring (bicyclic) bond motifs is 1. The maximum atomic E-state index is 4.60. The Balaban J connectivity index is 2.17. The van der Waals surface area contributed by atoms with Crippen molar-refractivity contribution in [3.05, 3.63) is 42.2 Å².